The van der Waals surface area contributed by atoms with Gasteiger partial charge in [-0.1, -0.05) is 11.6 Å². The Morgan fingerprint density at radius 2 is 2.27 bits per heavy atom. The summed E-state index contributed by atoms with van der Waals surface area (Å²) in [7, 11) is 0. The number of nitrogens with one attached hydrogen (secondary N) is 1. The molecule has 0 aliphatic carbocycles. The van der Waals surface area contributed by atoms with Crippen molar-refractivity contribution in [3.63, 3.8) is 0 Å². The van der Waals surface area contributed by atoms with E-state index in [1.807, 2.05) is 6.07 Å². The number of unbranched alkanes of at least 4 members (excludes halogenated alkanes) is 1. The van der Waals surface area contributed by atoms with Gasteiger partial charge in [0.05, 0.1) is 22.3 Å². The third kappa shape index (κ3) is 3.54. The highest BCUT2D eigenvalue weighted by atomic mass is 35.5. The van der Waals surface area contributed by atoms with Gasteiger partial charge < -0.3 is 5.32 Å². The second kappa shape index (κ2) is 5.96. The Balaban J connectivity index is 2.56. The minimum Gasteiger partial charge on any atom is -0.384 e. The van der Waals surface area contributed by atoms with Crippen molar-refractivity contribution in [2.75, 3.05) is 11.9 Å². The summed E-state index contributed by atoms with van der Waals surface area (Å²) in [5.74, 6) is 2.57. The number of hydrogen-bond acceptors (Lipinski definition) is 2. The standard InChI is InChI=1S/C12H11ClN2/c1-2-3-4-7-15-12-6-5-10(9-14)8-11(12)13/h1,5-6,8,15H,3-4,7H2. The Hall–Kier alpha value is -1.64. The lowest BCUT2D eigenvalue weighted by molar-refractivity contribution is 0.907. The molecule has 0 aliphatic heterocycles. The minimum atomic E-state index is 0.564. The molecule has 1 aromatic rings. The SMILES string of the molecule is C#CCCCNc1ccc(C#N)cc1Cl. The van der Waals surface area contributed by atoms with E-state index >= 15 is 0 Å². The molecule has 0 fully saturated rings. The summed E-state index contributed by atoms with van der Waals surface area (Å²) in [6.07, 6.45) is 6.80. The van der Waals surface area contributed by atoms with E-state index in [0.717, 1.165) is 25.1 Å². The molecule has 1 aromatic carbocycles. The first-order valence-corrected chi connectivity index (χ1v) is 5.02. The Morgan fingerprint density at radius 3 is 2.87 bits per heavy atom. The molecule has 0 saturated heterocycles. The molecule has 0 bridgehead atoms. The molecular weight excluding hydrogens is 208 g/mol. The third-order valence-electron chi connectivity index (χ3n) is 1.91. The van der Waals surface area contributed by atoms with Gasteiger partial charge in [-0.25, -0.2) is 0 Å². The van der Waals surface area contributed by atoms with Crippen LogP contribution < -0.4 is 5.32 Å². The maximum absolute atomic E-state index is 8.65. The highest BCUT2D eigenvalue weighted by Crippen LogP contribution is 2.22. The van der Waals surface area contributed by atoms with E-state index < -0.39 is 0 Å². The predicted octanol–water partition coefficient (Wildman–Crippen LogP) is 3.04. The summed E-state index contributed by atoms with van der Waals surface area (Å²) < 4.78 is 0. The lowest BCUT2D eigenvalue weighted by Crippen LogP contribution is -2.01. The van der Waals surface area contributed by atoms with Gasteiger partial charge in [-0.15, -0.1) is 12.3 Å². The van der Waals surface area contributed by atoms with Gasteiger partial charge in [0.25, 0.3) is 0 Å². The topological polar surface area (TPSA) is 35.8 Å². The Labute approximate surface area is 94.9 Å². The average Bonchev–Trinajstić information content (AvgIpc) is 2.26. The zero-order valence-electron chi connectivity index (χ0n) is 8.26. The van der Waals surface area contributed by atoms with Crippen LogP contribution in [0.3, 0.4) is 0 Å². The number of nitriles is 1. The van der Waals surface area contributed by atoms with Crippen molar-refractivity contribution < 1.29 is 0 Å². The van der Waals surface area contributed by atoms with Gasteiger partial charge >= 0.3 is 0 Å². The number of nitrogens with zero attached hydrogens (tertiary/aromatic N) is 1. The van der Waals surface area contributed by atoms with Crippen LogP contribution in [-0.2, 0) is 0 Å². The molecular formula is C12H11ClN2. The van der Waals surface area contributed by atoms with E-state index in [9.17, 15) is 0 Å². The van der Waals surface area contributed by atoms with Crippen LogP contribution in [-0.4, -0.2) is 6.54 Å². The number of benzene rings is 1. The number of rotatable bonds is 4. The van der Waals surface area contributed by atoms with Gasteiger partial charge in [0.15, 0.2) is 0 Å². The molecule has 0 aliphatic rings. The Bertz CT molecular complexity index is 413. The maximum atomic E-state index is 8.65. The molecule has 0 amide bonds. The predicted molar refractivity (Wildman–Crippen MR) is 62.7 cm³/mol. The van der Waals surface area contributed by atoms with Gasteiger partial charge in [0.1, 0.15) is 0 Å². The summed E-state index contributed by atoms with van der Waals surface area (Å²) in [5.41, 5.74) is 1.40. The number of anilines is 1. The largest absolute Gasteiger partial charge is 0.384 e. The summed E-state index contributed by atoms with van der Waals surface area (Å²) in [5, 5.41) is 12.4. The van der Waals surface area contributed by atoms with Gasteiger partial charge in [0, 0.05) is 13.0 Å². The Kier molecular flexibility index (Phi) is 4.54. The normalized spacial score (nSPS) is 9.00. The van der Waals surface area contributed by atoms with Crippen LogP contribution in [0.15, 0.2) is 18.2 Å². The van der Waals surface area contributed by atoms with Gasteiger partial charge in [-0.3, -0.25) is 0 Å². The molecule has 0 spiro atoms. The lowest BCUT2D eigenvalue weighted by Gasteiger charge is -2.07. The molecule has 76 valence electrons. The van der Waals surface area contributed by atoms with Crippen molar-refractivity contribution in [2.24, 2.45) is 0 Å². The zero-order chi connectivity index (χ0) is 11.1. The van der Waals surface area contributed by atoms with E-state index in [1.165, 1.54) is 0 Å². The number of terminal acetylenes is 1. The molecule has 0 heterocycles. The summed E-state index contributed by atoms with van der Waals surface area (Å²) in [4.78, 5) is 0. The first-order valence-electron chi connectivity index (χ1n) is 4.65. The highest BCUT2D eigenvalue weighted by Gasteiger charge is 2.00. The van der Waals surface area contributed by atoms with Crippen LogP contribution in [0.25, 0.3) is 0 Å². The molecule has 2 nitrogen and oxygen atoms in total. The van der Waals surface area contributed by atoms with E-state index in [1.54, 1.807) is 18.2 Å². The van der Waals surface area contributed by atoms with Crippen LogP contribution in [0.1, 0.15) is 18.4 Å². The molecule has 0 unspecified atom stereocenters. The van der Waals surface area contributed by atoms with Crippen molar-refractivity contribution >= 4 is 17.3 Å². The summed E-state index contributed by atoms with van der Waals surface area (Å²) >= 11 is 5.97. The molecule has 15 heavy (non-hydrogen) atoms. The van der Waals surface area contributed by atoms with E-state index in [2.05, 4.69) is 11.2 Å². The lowest BCUT2D eigenvalue weighted by atomic mass is 10.2. The van der Waals surface area contributed by atoms with Gasteiger partial charge in [-0.2, -0.15) is 5.26 Å². The first-order chi connectivity index (χ1) is 7.27. The van der Waals surface area contributed by atoms with Crippen LogP contribution in [0.4, 0.5) is 5.69 Å². The van der Waals surface area contributed by atoms with Crippen molar-refractivity contribution in [1.29, 1.82) is 5.26 Å². The zero-order valence-corrected chi connectivity index (χ0v) is 9.01. The molecule has 0 aromatic heterocycles. The fraction of sp³-hybridized carbons (Fsp3) is 0.250. The first kappa shape index (κ1) is 11.4. The molecule has 1 N–H and O–H groups in total. The van der Waals surface area contributed by atoms with Crippen molar-refractivity contribution in [3.8, 4) is 18.4 Å². The monoisotopic (exact) mass is 218 g/mol. The number of halogens is 1. The number of hydrogen-bond donors (Lipinski definition) is 1. The van der Waals surface area contributed by atoms with Crippen molar-refractivity contribution in [2.45, 2.75) is 12.8 Å². The van der Waals surface area contributed by atoms with E-state index in [-0.39, 0.29) is 0 Å². The second-order valence-electron chi connectivity index (χ2n) is 3.04. The molecule has 1 rings (SSSR count). The maximum Gasteiger partial charge on any atom is 0.0992 e. The summed E-state index contributed by atoms with van der Waals surface area (Å²) in [6, 6.07) is 7.21. The Morgan fingerprint density at radius 1 is 1.47 bits per heavy atom. The highest BCUT2D eigenvalue weighted by molar-refractivity contribution is 6.33. The minimum absolute atomic E-state index is 0.564. The van der Waals surface area contributed by atoms with Crippen LogP contribution in [0.2, 0.25) is 5.02 Å². The van der Waals surface area contributed by atoms with E-state index in [4.69, 9.17) is 23.3 Å². The van der Waals surface area contributed by atoms with Crippen LogP contribution >= 0.6 is 11.6 Å². The van der Waals surface area contributed by atoms with Gasteiger partial charge in [0.2, 0.25) is 0 Å². The summed E-state index contributed by atoms with van der Waals surface area (Å²) in [6.45, 7) is 0.788. The molecule has 0 saturated carbocycles. The van der Waals surface area contributed by atoms with Crippen molar-refractivity contribution in [1.82, 2.24) is 0 Å². The van der Waals surface area contributed by atoms with Crippen LogP contribution in [0.5, 0.6) is 0 Å². The third-order valence-corrected chi connectivity index (χ3v) is 2.22. The average molecular weight is 219 g/mol. The second-order valence-corrected chi connectivity index (χ2v) is 3.45. The van der Waals surface area contributed by atoms with E-state index in [0.29, 0.717) is 10.6 Å². The fourth-order valence-electron chi connectivity index (χ4n) is 1.14. The molecule has 0 radical (unpaired) electrons. The van der Waals surface area contributed by atoms with Gasteiger partial charge in [-0.05, 0) is 24.6 Å². The van der Waals surface area contributed by atoms with Crippen LogP contribution in [0, 0.1) is 23.7 Å². The fourth-order valence-corrected chi connectivity index (χ4v) is 1.39. The smallest absolute Gasteiger partial charge is 0.0992 e. The van der Waals surface area contributed by atoms with Crippen molar-refractivity contribution in [3.05, 3.63) is 28.8 Å². The molecule has 3 heteroatoms. The molecule has 0 atom stereocenters. The quantitative estimate of drug-likeness (QED) is 0.623.